The number of aryl methyl sites for hydroxylation is 3. The van der Waals surface area contributed by atoms with Gasteiger partial charge in [-0.1, -0.05) is 42.7 Å². The summed E-state index contributed by atoms with van der Waals surface area (Å²) in [6.07, 6.45) is 3.89. The van der Waals surface area contributed by atoms with Gasteiger partial charge in [0.15, 0.2) is 0 Å². The average molecular weight is 484 g/mol. The predicted octanol–water partition coefficient (Wildman–Crippen LogP) is 3.47. The normalized spacial score (nSPS) is 22.2. The van der Waals surface area contributed by atoms with Gasteiger partial charge in [-0.25, -0.2) is 8.42 Å². The molecular formula is C26H33N3O4S. The van der Waals surface area contributed by atoms with Crippen molar-refractivity contribution in [2.45, 2.75) is 69.9 Å². The molecule has 4 rings (SSSR count). The first-order valence-corrected chi connectivity index (χ1v) is 13.2. The summed E-state index contributed by atoms with van der Waals surface area (Å²) in [6, 6.07) is 12.4. The van der Waals surface area contributed by atoms with Gasteiger partial charge in [0.25, 0.3) is 0 Å². The van der Waals surface area contributed by atoms with Crippen molar-refractivity contribution in [3.8, 4) is 0 Å². The second kappa shape index (κ2) is 9.15. The highest BCUT2D eigenvalue weighted by molar-refractivity contribution is 7.89. The number of sulfonamides is 1. The Kier molecular flexibility index (Phi) is 6.57. The summed E-state index contributed by atoms with van der Waals surface area (Å²) in [7, 11) is -3.96. The van der Waals surface area contributed by atoms with E-state index in [2.05, 4.69) is 5.32 Å². The minimum absolute atomic E-state index is 0.0453. The van der Waals surface area contributed by atoms with Gasteiger partial charge in [0.1, 0.15) is 5.54 Å². The summed E-state index contributed by atoms with van der Waals surface area (Å²) in [4.78, 5) is 29.0. The molecule has 1 aliphatic carbocycles. The predicted molar refractivity (Wildman–Crippen MR) is 132 cm³/mol. The molecular weight excluding hydrogens is 450 g/mol. The number of piperazine rings is 1. The third-order valence-corrected chi connectivity index (χ3v) is 8.79. The molecule has 8 heteroatoms. The molecule has 0 radical (unpaired) electrons. The number of amides is 2. The molecule has 34 heavy (non-hydrogen) atoms. The van der Waals surface area contributed by atoms with Crippen LogP contribution in [0.3, 0.4) is 0 Å². The number of rotatable bonds is 5. The average Bonchev–Trinajstić information content (AvgIpc) is 3.29. The van der Waals surface area contributed by atoms with Gasteiger partial charge in [0.05, 0.1) is 11.4 Å². The Bertz CT molecular complexity index is 1200. The molecule has 0 spiro atoms. The molecule has 1 unspecified atom stereocenters. The van der Waals surface area contributed by atoms with Crippen LogP contribution >= 0.6 is 0 Å². The van der Waals surface area contributed by atoms with Crippen LogP contribution in [0.2, 0.25) is 0 Å². The smallest absolute Gasteiger partial charge is 0.247 e. The standard InChI is InChI=1S/C26H33N3O4S/c1-18-10-13-22(14-11-18)34(32,33)28-16-24(30)29(23-15-19(2)9-12-20(23)3)26(4,17-28)25(31)27-21-7-5-6-8-21/h9-15,21H,5-8,16-17H2,1-4H3,(H,27,31). The number of benzene rings is 2. The molecule has 2 fully saturated rings. The Morgan fingerprint density at radius 3 is 2.26 bits per heavy atom. The van der Waals surface area contributed by atoms with Crippen LogP contribution in [0.15, 0.2) is 47.4 Å². The van der Waals surface area contributed by atoms with Crippen LogP contribution in [0.4, 0.5) is 5.69 Å². The molecule has 1 saturated heterocycles. The van der Waals surface area contributed by atoms with E-state index in [1.54, 1.807) is 31.2 Å². The number of carbonyl (C=O) groups is 2. The molecule has 7 nitrogen and oxygen atoms in total. The Labute approximate surface area is 202 Å². The molecule has 0 bridgehead atoms. The zero-order valence-electron chi connectivity index (χ0n) is 20.3. The summed E-state index contributed by atoms with van der Waals surface area (Å²) in [5, 5.41) is 3.11. The zero-order valence-corrected chi connectivity index (χ0v) is 21.1. The molecule has 1 heterocycles. The first-order chi connectivity index (χ1) is 16.0. The zero-order chi connectivity index (χ0) is 24.7. The lowest BCUT2D eigenvalue weighted by molar-refractivity contribution is -0.133. The monoisotopic (exact) mass is 483 g/mol. The first-order valence-electron chi connectivity index (χ1n) is 11.8. The maximum absolute atomic E-state index is 13.7. The van der Waals surface area contributed by atoms with Crippen molar-refractivity contribution in [2.75, 3.05) is 18.0 Å². The Morgan fingerprint density at radius 1 is 1.00 bits per heavy atom. The number of hydrogen-bond acceptors (Lipinski definition) is 4. The first kappa shape index (κ1) is 24.4. The summed E-state index contributed by atoms with van der Waals surface area (Å²) < 4.78 is 28.1. The van der Waals surface area contributed by atoms with Crippen LogP contribution < -0.4 is 10.2 Å². The van der Waals surface area contributed by atoms with E-state index in [-0.39, 0.29) is 29.9 Å². The highest BCUT2D eigenvalue weighted by atomic mass is 32.2. The van der Waals surface area contributed by atoms with Gasteiger partial charge in [0.2, 0.25) is 21.8 Å². The Morgan fingerprint density at radius 2 is 1.62 bits per heavy atom. The molecule has 1 atom stereocenters. The van der Waals surface area contributed by atoms with Gasteiger partial charge in [0, 0.05) is 18.3 Å². The molecule has 1 aliphatic heterocycles. The molecule has 2 aliphatic rings. The van der Waals surface area contributed by atoms with Crippen molar-refractivity contribution < 1.29 is 18.0 Å². The number of hydrogen-bond donors (Lipinski definition) is 1. The number of anilines is 1. The lowest BCUT2D eigenvalue weighted by atomic mass is 9.92. The maximum atomic E-state index is 13.7. The summed E-state index contributed by atoms with van der Waals surface area (Å²) >= 11 is 0. The fourth-order valence-electron chi connectivity index (χ4n) is 4.94. The fourth-order valence-corrected chi connectivity index (χ4v) is 6.42. The van der Waals surface area contributed by atoms with Crippen molar-refractivity contribution in [1.82, 2.24) is 9.62 Å². The third-order valence-electron chi connectivity index (χ3n) is 6.98. The van der Waals surface area contributed by atoms with E-state index in [9.17, 15) is 18.0 Å². The maximum Gasteiger partial charge on any atom is 0.247 e. The van der Waals surface area contributed by atoms with Crippen LogP contribution in [0.5, 0.6) is 0 Å². The van der Waals surface area contributed by atoms with Crippen molar-refractivity contribution in [3.63, 3.8) is 0 Å². The minimum atomic E-state index is -3.96. The molecule has 182 valence electrons. The van der Waals surface area contributed by atoms with E-state index < -0.39 is 21.5 Å². The van der Waals surface area contributed by atoms with E-state index in [4.69, 9.17) is 0 Å². The Hall–Kier alpha value is -2.71. The lowest BCUT2D eigenvalue weighted by Gasteiger charge is -2.47. The van der Waals surface area contributed by atoms with Crippen molar-refractivity contribution in [1.29, 1.82) is 0 Å². The highest BCUT2D eigenvalue weighted by Gasteiger charge is 2.51. The second-order valence-electron chi connectivity index (χ2n) is 9.83. The fraction of sp³-hybridized carbons (Fsp3) is 0.462. The van der Waals surface area contributed by atoms with Crippen LogP contribution in [-0.2, 0) is 19.6 Å². The minimum Gasteiger partial charge on any atom is -0.351 e. The van der Waals surface area contributed by atoms with E-state index in [0.717, 1.165) is 46.7 Å². The highest BCUT2D eigenvalue weighted by Crippen LogP contribution is 2.35. The number of carbonyl (C=O) groups excluding carboxylic acids is 2. The Balaban J connectivity index is 1.76. The van der Waals surface area contributed by atoms with Crippen LogP contribution in [0, 0.1) is 20.8 Å². The van der Waals surface area contributed by atoms with Gasteiger partial charge in [-0.05, 0) is 69.9 Å². The van der Waals surface area contributed by atoms with Gasteiger partial charge in [-0.15, -0.1) is 0 Å². The van der Waals surface area contributed by atoms with Gasteiger partial charge < -0.3 is 5.32 Å². The van der Waals surface area contributed by atoms with Gasteiger partial charge >= 0.3 is 0 Å². The van der Waals surface area contributed by atoms with E-state index in [1.807, 2.05) is 39.0 Å². The largest absolute Gasteiger partial charge is 0.351 e. The molecule has 2 amide bonds. The van der Waals surface area contributed by atoms with E-state index >= 15 is 0 Å². The van der Waals surface area contributed by atoms with Crippen molar-refractivity contribution in [2.24, 2.45) is 0 Å². The topological polar surface area (TPSA) is 86.8 Å². The van der Waals surface area contributed by atoms with Crippen LogP contribution in [0.25, 0.3) is 0 Å². The summed E-state index contributed by atoms with van der Waals surface area (Å²) in [5.41, 5.74) is 2.00. The molecule has 2 aromatic rings. The molecule has 0 aromatic heterocycles. The van der Waals surface area contributed by atoms with E-state index in [1.165, 1.54) is 4.90 Å². The van der Waals surface area contributed by atoms with Gasteiger partial charge in [-0.3, -0.25) is 14.5 Å². The summed E-state index contributed by atoms with van der Waals surface area (Å²) in [5.74, 6) is -0.739. The summed E-state index contributed by atoms with van der Waals surface area (Å²) in [6.45, 7) is 6.94. The van der Waals surface area contributed by atoms with Crippen molar-refractivity contribution in [3.05, 3.63) is 59.2 Å². The molecule has 1 saturated carbocycles. The third kappa shape index (κ3) is 4.49. The SMILES string of the molecule is Cc1ccc(S(=O)(=O)N2CC(=O)N(c3cc(C)ccc3C)C(C)(C(=O)NC3CCCC3)C2)cc1. The van der Waals surface area contributed by atoms with E-state index in [0.29, 0.717) is 5.69 Å². The number of nitrogens with one attached hydrogen (secondary N) is 1. The lowest BCUT2D eigenvalue weighted by Crippen LogP contribution is -2.70. The van der Waals surface area contributed by atoms with Gasteiger partial charge in [-0.2, -0.15) is 4.31 Å². The molecule has 1 N–H and O–H groups in total. The van der Waals surface area contributed by atoms with Crippen LogP contribution in [0.1, 0.15) is 49.3 Å². The van der Waals surface area contributed by atoms with Crippen LogP contribution in [-0.4, -0.2) is 49.2 Å². The second-order valence-corrected chi connectivity index (χ2v) is 11.8. The van der Waals surface area contributed by atoms with Crippen molar-refractivity contribution >= 4 is 27.5 Å². The quantitative estimate of drug-likeness (QED) is 0.706. The number of nitrogens with zero attached hydrogens (tertiary/aromatic N) is 2. The molecule has 2 aromatic carbocycles.